The number of anilines is 1. The molecule has 154 valence electrons. The number of pyridine rings is 1. The van der Waals surface area contributed by atoms with E-state index in [2.05, 4.69) is 20.7 Å². The minimum absolute atomic E-state index is 0.0418. The van der Waals surface area contributed by atoms with Crippen LogP contribution in [0.25, 0.3) is 0 Å². The Labute approximate surface area is 174 Å². The summed E-state index contributed by atoms with van der Waals surface area (Å²) in [6, 6.07) is 12.6. The summed E-state index contributed by atoms with van der Waals surface area (Å²) in [5.74, 6) is 1.10. The number of hydrogen-bond donors (Lipinski definition) is 2. The smallest absolute Gasteiger partial charge is 0.259 e. The maximum atomic E-state index is 12.9. The van der Waals surface area contributed by atoms with E-state index in [0.717, 1.165) is 18.7 Å². The molecule has 1 unspecified atom stereocenters. The van der Waals surface area contributed by atoms with Crippen LogP contribution in [-0.2, 0) is 17.8 Å². The molecule has 4 rings (SSSR count). The lowest BCUT2D eigenvalue weighted by atomic mass is 9.94. The number of rotatable bonds is 6. The van der Waals surface area contributed by atoms with E-state index in [1.54, 1.807) is 36.7 Å². The van der Waals surface area contributed by atoms with E-state index in [4.69, 9.17) is 4.74 Å². The molecule has 0 saturated carbocycles. The fourth-order valence-corrected chi connectivity index (χ4v) is 3.52. The third-order valence-corrected chi connectivity index (χ3v) is 5.02. The van der Waals surface area contributed by atoms with Gasteiger partial charge in [0.2, 0.25) is 11.8 Å². The van der Waals surface area contributed by atoms with Gasteiger partial charge >= 0.3 is 0 Å². The van der Waals surface area contributed by atoms with Gasteiger partial charge in [0, 0.05) is 44.0 Å². The average Bonchev–Trinajstić information content (AvgIpc) is 3.17. The van der Waals surface area contributed by atoms with Crippen molar-refractivity contribution in [1.82, 2.24) is 20.1 Å². The number of benzene rings is 1. The first-order valence-electron chi connectivity index (χ1n) is 9.88. The minimum Gasteiger partial charge on any atom is -0.439 e. The zero-order valence-electron chi connectivity index (χ0n) is 16.7. The van der Waals surface area contributed by atoms with Crippen LogP contribution in [-0.4, -0.2) is 33.1 Å². The first-order chi connectivity index (χ1) is 14.6. The summed E-state index contributed by atoms with van der Waals surface area (Å²) in [5, 5.41) is 10.1. The summed E-state index contributed by atoms with van der Waals surface area (Å²) < 4.78 is 7.60. The fourth-order valence-electron chi connectivity index (χ4n) is 3.52. The van der Waals surface area contributed by atoms with Crippen LogP contribution < -0.4 is 15.4 Å². The lowest BCUT2D eigenvalue weighted by molar-refractivity contribution is -0.119. The molecule has 0 saturated heterocycles. The van der Waals surface area contributed by atoms with Crippen LogP contribution in [0.3, 0.4) is 0 Å². The number of carbonyl (C=O) groups excluding carboxylic acids is 2. The molecule has 2 amide bonds. The maximum Gasteiger partial charge on any atom is 0.259 e. The lowest BCUT2D eigenvalue weighted by Crippen LogP contribution is -2.32. The number of aryl methyl sites for hydroxylation is 1. The minimum atomic E-state index is -0.216. The van der Waals surface area contributed by atoms with E-state index in [9.17, 15) is 9.59 Å². The molecule has 3 heterocycles. The molecule has 0 fully saturated rings. The monoisotopic (exact) mass is 405 g/mol. The highest BCUT2D eigenvalue weighted by molar-refractivity contribution is 6.05. The number of hydrogen-bond acceptors (Lipinski definition) is 5. The van der Waals surface area contributed by atoms with Crippen LogP contribution in [0.5, 0.6) is 11.6 Å². The molecule has 3 aromatic rings. The molecule has 1 aliphatic heterocycles. The van der Waals surface area contributed by atoms with E-state index in [1.807, 2.05) is 22.9 Å². The van der Waals surface area contributed by atoms with E-state index in [0.29, 0.717) is 41.8 Å². The van der Waals surface area contributed by atoms with E-state index in [1.165, 1.54) is 6.92 Å². The second kappa shape index (κ2) is 8.77. The predicted molar refractivity (Wildman–Crippen MR) is 111 cm³/mol. The first kappa shape index (κ1) is 19.6. The van der Waals surface area contributed by atoms with Gasteiger partial charge in [-0.3, -0.25) is 14.3 Å². The molecule has 8 nitrogen and oxygen atoms in total. The summed E-state index contributed by atoms with van der Waals surface area (Å²) in [5.41, 5.74) is 2.08. The van der Waals surface area contributed by atoms with Gasteiger partial charge in [-0.1, -0.05) is 12.1 Å². The molecule has 1 aliphatic rings. The normalized spacial score (nSPS) is 15.2. The number of amides is 2. The van der Waals surface area contributed by atoms with Crippen molar-refractivity contribution in [3.8, 4) is 11.6 Å². The number of carbonyl (C=O) groups is 2. The van der Waals surface area contributed by atoms with Gasteiger partial charge < -0.3 is 15.4 Å². The van der Waals surface area contributed by atoms with Crippen LogP contribution in [0, 0.1) is 5.92 Å². The quantitative estimate of drug-likeness (QED) is 0.657. The summed E-state index contributed by atoms with van der Waals surface area (Å²) in [6.07, 6.45) is 4.89. The van der Waals surface area contributed by atoms with Gasteiger partial charge in [0.1, 0.15) is 5.75 Å². The standard InChI is InChI=1S/C22H23N5O3/c1-15(28)24-13-16-8-10-27-20(11-16)19(14-25-27)22(29)26-17-5-4-6-18(12-17)30-21-7-2-3-9-23-21/h2-7,9,12,14,16H,8,10-11,13H2,1H3,(H,24,28)(H,26,29). The largest absolute Gasteiger partial charge is 0.439 e. The summed E-state index contributed by atoms with van der Waals surface area (Å²) in [7, 11) is 0. The Bertz CT molecular complexity index is 1050. The molecule has 0 spiro atoms. The summed E-state index contributed by atoms with van der Waals surface area (Å²) in [6.45, 7) is 2.85. The SMILES string of the molecule is CC(=O)NCC1CCn2ncc(C(=O)Nc3cccc(Oc4ccccn4)c3)c2C1. The molecule has 1 atom stereocenters. The Morgan fingerprint density at radius 1 is 1.23 bits per heavy atom. The number of aromatic nitrogens is 3. The van der Waals surface area contributed by atoms with Crippen molar-refractivity contribution >= 4 is 17.5 Å². The number of nitrogens with one attached hydrogen (secondary N) is 2. The van der Waals surface area contributed by atoms with Gasteiger partial charge in [-0.25, -0.2) is 4.98 Å². The van der Waals surface area contributed by atoms with Crippen LogP contribution in [0.15, 0.2) is 54.9 Å². The third-order valence-electron chi connectivity index (χ3n) is 5.02. The van der Waals surface area contributed by atoms with E-state index < -0.39 is 0 Å². The van der Waals surface area contributed by atoms with Crippen molar-refractivity contribution in [2.75, 3.05) is 11.9 Å². The van der Waals surface area contributed by atoms with Gasteiger partial charge in [0.25, 0.3) is 5.91 Å². The van der Waals surface area contributed by atoms with Crippen LogP contribution in [0.2, 0.25) is 0 Å². The highest BCUT2D eigenvalue weighted by atomic mass is 16.5. The van der Waals surface area contributed by atoms with Gasteiger partial charge in [-0.05, 0) is 37.0 Å². The number of ether oxygens (including phenoxy) is 1. The van der Waals surface area contributed by atoms with Crippen molar-refractivity contribution in [2.24, 2.45) is 5.92 Å². The van der Waals surface area contributed by atoms with Crippen molar-refractivity contribution in [3.63, 3.8) is 0 Å². The number of fused-ring (bicyclic) bond motifs is 1. The molecule has 2 aromatic heterocycles. The molecule has 0 aliphatic carbocycles. The zero-order chi connectivity index (χ0) is 20.9. The Balaban J connectivity index is 1.45. The molecular formula is C22H23N5O3. The molecule has 2 N–H and O–H groups in total. The van der Waals surface area contributed by atoms with Crippen molar-refractivity contribution in [1.29, 1.82) is 0 Å². The van der Waals surface area contributed by atoms with Crippen LogP contribution in [0.4, 0.5) is 5.69 Å². The van der Waals surface area contributed by atoms with Crippen molar-refractivity contribution < 1.29 is 14.3 Å². The van der Waals surface area contributed by atoms with Crippen molar-refractivity contribution in [2.45, 2.75) is 26.3 Å². The Hall–Kier alpha value is -3.68. The van der Waals surface area contributed by atoms with Gasteiger partial charge in [0.05, 0.1) is 17.5 Å². The first-order valence-corrected chi connectivity index (χ1v) is 9.88. The molecule has 0 radical (unpaired) electrons. The maximum absolute atomic E-state index is 12.9. The zero-order valence-corrected chi connectivity index (χ0v) is 16.7. The highest BCUT2D eigenvalue weighted by Crippen LogP contribution is 2.25. The van der Waals surface area contributed by atoms with E-state index in [-0.39, 0.29) is 11.8 Å². The summed E-state index contributed by atoms with van der Waals surface area (Å²) in [4.78, 5) is 28.2. The van der Waals surface area contributed by atoms with Gasteiger partial charge in [-0.2, -0.15) is 5.10 Å². The molecule has 30 heavy (non-hydrogen) atoms. The Morgan fingerprint density at radius 2 is 2.13 bits per heavy atom. The summed E-state index contributed by atoms with van der Waals surface area (Å²) >= 11 is 0. The molecular weight excluding hydrogens is 382 g/mol. The van der Waals surface area contributed by atoms with Crippen LogP contribution in [0.1, 0.15) is 29.4 Å². The van der Waals surface area contributed by atoms with Crippen molar-refractivity contribution in [3.05, 3.63) is 66.1 Å². The lowest BCUT2D eigenvalue weighted by Gasteiger charge is -2.24. The Kier molecular flexibility index (Phi) is 5.74. The Morgan fingerprint density at radius 3 is 2.93 bits per heavy atom. The second-order valence-electron chi connectivity index (χ2n) is 7.28. The average molecular weight is 405 g/mol. The molecule has 8 heteroatoms. The van der Waals surface area contributed by atoms with Crippen LogP contribution >= 0.6 is 0 Å². The fraction of sp³-hybridized carbons (Fsp3) is 0.273. The van der Waals surface area contributed by atoms with E-state index >= 15 is 0 Å². The third kappa shape index (κ3) is 4.65. The predicted octanol–water partition coefficient (Wildman–Crippen LogP) is 3.02. The van der Waals surface area contributed by atoms with Gasteiger partial charge in [0.15, 0.2) is 0 Å². The second-order valence-corrected chi connectivity index (χ2v) is 7.28. The molecule has 1 aromatic carbocycles. The highest BCUT2D eigenvalue weighted by Gasteiger charge is 2.25. The topological polar surface area (TPSA) is 98.1 Å². The van der Waals surface area contributed by atoms with Gasteiger partial charge in [-0.15, -0.1) is 0 Å². The number of nitrogens with zero attached hydrogens (tertiary/aromatic N) is 3. The molecule has 0 bridgehead atoms.